The van der Waals surface area contributed by atoms with Crippen LogP contribution in [0, 0.1) is 13.8 Å². The topological polar surface area (TPSA) is 57.6 Å². The number of halogens is 1. The molecule has 0 unspecified atom stereocenters. The number of nitrogens with zero attached hydrogens (tertiary/aromatic N) is 1. The highest BCUT2D eigenvalue weighted by Crippen LogP contribution is 2.45. The molecule has 0 saturated heterocycles. The summed E-state index contributed by atoms with van der Waals surface area (Å²) in [7, 11) is 0. The molecule has 0 bridgehead atoms. The molecule has 0 radical (unpaired) electrons. The summed E-state index contributed by atoms with van der Waals surface area (Å²) in [6.07, 6.45) is -0.301. The first-order chi connectivity index (χ1) is 14.3. The van der Waals surface area contributed by atoms with E-state index in [9.17, 15) is 14.7 Å². The lowest BCUT2D eigenvalue weighted by atomic mass is 9.87. The summed E-state index contributed by atoms with van der Waals surface area (Å²) in [5.41, 5.74) is 2.46. The minimum Gasteiger partial charge on any atom is -0.375 e. The van der Waals surface area contributed by atoms with Gasteiger partial charge < -0.3 is 10.0 Å². The van der Waals surface area contributed by atoms with Crippen molar-refractivity contribution in [2.24, 2.45) is 0 Å². The molecule has 5 heteroatoms. The van der Waals surface area contributed by atoms with E-state index in [1.807, 2.05) is 68.4 Å². The van der Waals surface area contributed by atoms with Crippen molar-refractivity contribution in [2.75, 3.05) is 4.90 Å². The fourth-order valence-corrected chi connectivity index (χ4v) is 4.34. The number of aryl methyl sites for hydroxylation is 2. The second-order valence-electron chi connectivity index (χ2n) is 7.82. The van der Waals surface area contributed by atoms with Crippen LogP contribution in [0.3, 0.4) is 0 Å². The number of hydrogen-bond donors (Lipinski definition) is 1. The summed E-state index contributed by atoms with van der Waals surface area (Å²) < 4.78 is 0.744. The molecular weight excluding hydrogens is 442 g/mol. The summed E-state index contributed by atoms with van der Waals surface area (Å²) in [6.45, 7) is 4.10. The number of anilines is 1. The van der Waals surface area contributed by atoms with Crippen LogP contribution < -0.4 is 4.90 Å². The van der Waals surface area contributed by atoms with Gasteiger partial charge in [-0.1, -0.05) is 64.0 Å². The lowest BCUT2D eigenvalue weighted by Crippen LogP contribution is -2.41. The molecule has 4 rings (SSSR count). The summed E-state index contributed by atoms with van der Waals surface area (Å²) >= 11 is 3.43. The van der Waals surface area contributed by atoms with E-state index >= 15 is 0 Å². The molecule has 3 aromatic carbocycles. The van der Waals surface area contributed by atoms with Crippen LogP contribution in [0.1, 0.15) is 39.0 Å². The maximum Gasteiger partial charge on any atom is 0.264 e. The van der Waals surface area contributed by atoms with Crippen LogP contribution in [0.15, 0.2) is 71.2 Å². The molecule has 1 atom stereocenters. The van der Waals surface area contributed by atoms with Gasteiger partial charge >= 0.3 is 0 Å². The van der Waals surface area contributed by atoms with E-state index in [1.165, 1.54) is 0 Å². The average Bonchev–Trinajstić information content (AvgIpc) is 2.92. The maximum atomic E-state index is 13.4. The van der Waals surface area contributed by atoms with Crippen molar-refractivity contribution < 1.29 is 14.7 Å². The number of hydrogen-bond acceptors (Lipinski definition) is 3. The van der Waals surface area contributed by atoms with Crippen molar-refractivity contribution in [3.05, 3.63) is 99.0 Å². The van der Waals surface area contributed by atoms with Gasteiger partial charge in [0.2, 0.25) is 0 Å². The summed E-state index contributed by atoms with van der Waals surface area (Å²) in [5, 5.41) is 11.5. The van der Waals surface area contributed by atoms with Crippen molar-refractivity contribution in [1.29, 1.82) is 0 Å². The van der Waals surface area contributed by atoms with Gasteiger partial charge in [-0.15, -0.1) is 0 Å². The molecule has 1 aliphatic heterocycles. The van der Waals surface area contributed by atoms with E-state index in [4.69, 9.17) is 0 Å². The fourth-order valence-electron chi connectivity index (χ4n) is 3.98. The Bertz CT molecular complexity index is 1140. The van der Waals surface area contributed by atoms with Gasteiger partial charge in [0.15, 0.2) is 11.4 Å². The lowest BCUT2D eigenvalue weighted by Gasteiger charge is -2.23. The minimum atomic E-state index is -1.90. The predicted octanol–water partition coefficient (Wildman–Crippen LogP) is 5.07. The van der Waals surface area contributed by atoms with Crippen LogP contribution in [0.25, 0.3) is 0 Å². The summed E-state index contributed by atoms with van der Waals surface area (Å²) in [4.78, 5) is 28.1. The number of Topliss-reactive ketones (excluding diaryl/α,β-unsaturated/α-hetero) is 1. The number of benzene rings is 3. The first-order valence-corrected chi connectivity index (χ1v) is 10.6. The van der Waals surface area contributed by atoms with Gasteiger partial charge in [-0.25, -0.2) is 0 Å². The molecule has 1 aliphatic rings. The molecule has 1 amide bonds. The van der Waals surface area contributed by atoms with Crippen LogP contribution in [-0.4, -0.2) is 16.8 Å². The molecule has 1 heterocycles. The zero-order valence-corrected chi connectivity index (χ0v) is 18.4. The zero-order chi connectivity index (χ0) is 21.5. The number of carbonyl (C=O) groups excluding carboxylic acids is 2. The van der Waals surface area contributed by atoms with Crippen molar-refractivity contribution in [3.63, 3.8) is 0 Å². The summed E-state index contributed by atoms with van der Waals surface area (Å²) in [6, 6.07) is 20.6. The summed E-state index contributed by atoms with van der Waals surface area (Å²) in [5.74, 6) is -0.724. The smallest absolute Gasteiger partial charge is 0.264 e. The number of amides is 1. The molecule has 0 spiro atoms. The zero-order valence-electron chi connectivity index (χ0n) is 16.9. The van der Waals surface area contributed by atoms with Crippen molar-refractivity contribution >= 4 is 33.3 Å². The average molecular weight is 464 g/mol. The Kier molecular flexibility index (Phi) is 5.35. The van der Waals surface area contributed by atoms with E-state index < -0.39 is 11.5 Å². The molecule has 0 aliphatic carbocycles. The normalized spacial score (nSPS) is 17.9. The van der Waals surface area contributed by atoms with Gasteiger partial charge in [-0.3, -0.25) is 9.59 Å². The fraction of sp³-hybridized carbons (Fsp3) is 0.200. The third kappa shape index (κ3) is 3.59. The van der Waals surface area contributed by atoms with Crippen LogP contribution in [-0.2, 0) is 16.9 Å². The van der Waals surface area contributed by atoms with Gasteiger partial charge in [0, 0.05) is 15.6 Å². The molecular formula is C25H22BrNO3. The Labute approximate surface area is 184 Å². The Morgan fingerprint density at radius 2 is 1.77 bits per heavy atom. The largest absolute Gasteiger partial charge is 0.375 e. The van der Waals surface area contributed by atoms with Gasteiger partial charge in [0.25, 0.3) is 5.91 Å². The van der Waals surface area contributed by atoms with Crippen LogP contribution in [0.2, 0.25) is 0 Å². The number of aliphatic hydroxyl groups is 1. The van der Waals surface area contributed by atoms with E-state index in [0.717, 1.165) is 21.2 Å². The Hall–Kier alpha value is -2.76. The first kappa shape index (κ1) is 20.5. The molecule has 3 aromatic rings. The Morgan fingerprint density at radius 1 is 1.03 bits per heavy atom. The van der Waals surface area contributed by atoms with Crippen molar-refractivity contribution in [3.8, 4) is 0 Å². The van der Waals surface area contributed by atoms with Gasteiger partial charge in [-0.05, 0) is 49.2 Å². The van der Waals surface area contributed by atoms with Crippen LogP contribution in [0.4, 0.5) is 5.69 Å². The van der Waals surface area contributed by atoms with Crippen molar-refractivity contribution in [2.45, 2.75) is 32.4 Å². The van der Waals surface area contributed by atoms with E-state index in [2.05, 4.69) is 15.9 Å². The quantitative estimate of drug-likeness (QED) is 0.537. The second kappa shape index (κ2) is 7.82. The highest BCUT2D eigenvalue weighted by atomic mass is 79.9. The molecule has 0 saturated carbocycles. The first-order valence-electron chi connectivity index (χ1n) is 9.78. The molecule has 0 aromatic heterocycles. The van der Waals surface area contributed by atoms with Crippen LogP contribution in [0.5, 0.6) is 0 Å². The number of fused-ring (bicyclic) bond motifs is 1. The van der Waals surface area contributed by atoms with E-state index in [0.29, 0.717) is 23.4 Å². The number of ketones is 1. The molecule has 30 heavy (non-hydrogen) atoms. The van der Waals surface area contributed by atoms with Crippen molar-refractivity contribution in [1.82, 2.24) is 0 Å². The SMILES string of the molecule is Cc1ccc(C)c(C(=O)C[C@]2(O)C(=O)N(Cc3ccccc3)c3ccc(Br)cc32)c1. The van der Waals surface area contributed by atoms with Crippen LogP contribution >= 0.6 is 15.9 Å². The third-order valence-corrected chi connectivity index (χ3v) is 6.08. The van der Waals surface area contributed by atoms with E-state index in [1.54, 1.807) is 17.0 Å². The Morgan fingerprint density at radius 3 is 2.50 bits per heavy atom. The molecule has 4 nitrogen and oxygen atoms in total. The number of rotatable bonds is 5. The molecule has 1 N–H and O–H groups in total. The lowest BCUT2D eigenvalue weighted by molar-refractivity contribution is -0.136. The predicted molar refractivity (Wildman–Crippen MR) is 121 cm³/mol. The van der Waals surface area contributed by atoms with Gasteiger partial charge in [0.1, 0.15) is 0 Å². The van der Waals surface area contributed by atoms with Gasteiger partial charge in [-0.2, -0.15) is 0 Å². The maximum absolute atomic E-state index is 13.4. The van der Waals surface area contributed by atoms with Gasteiger partial charge in [0.05, 0.1) is 18.7 Å². The molecule has 152 valence electrons. The number of carbonyl (C=O) groups is 2. The highest BCUT2D eigenvalue weighted by Gasteiger charge is 2.51. The highest BCUT2D eigenvalue weighted by molar-refractivity contribution is 9.10. The standard InChI is InChI=1S/C25H22BrNO3/c1-16-8-9-17(2)20(12-16)23(28)14-25(30)21-13-19(26)10-11-22(21)27(24(25)29)15-18-6-4-3-5-7-18/h3-13,30H,14-15H2,1-2H3/t25-/m1/s1. The minimum absolute atomic E-state index is 0.250. The Balaban J connectivity index is 1.73. The third-order valence-electron chi connectivity index (χ3n) is 5.59. The van der Waals surface area contributed by atoms with E-state index in [-0.39, 0.29) is 12.2 Å². The monoisotopic (exact) mass is 463 g/mol. The second-order valence-corrected chi connectivity index (χ2v) is 8.73. The molecule has 0 fully saturated rings.